The second kappa shape index (κ2) is 12.0. The Hall–Kier alpha value is -3.42. The van der Waals surface area contributed by atoms with Crippen LogP contribution >= 0.6 is 23.2 Å². The number of hydrogen-bond acceptors (Lipinski definition) is 4. The Labute approximate surface area is 200 Å². The fourth-order valence-corrected chi connectivity index (χ4v) is 3.19. The van der Waals surface area contributed by atoms with Crippen molar-refractivity contribution in [3.63, 3.8) is 0 Å². The molecule has 2 N–H and O–H groups in total. The number of nitrogens with zero attached hydrogens (tertiary/aromatic N) is 1. The number of ether oxygens (including phenoxy) is 1. The fraction of sp³-hybridized carbons (Fsp3) is 0.125. The molecule has 0 spiro atoms. The van der Waals surface area contributed by atoms with E-state index >= 15 is 0 Å². The third-order valence-electron chi connectivity index (χ3n) is 4.40. The molecule has 9 heteroatoms. The number of carbonyl (C=O) groups excluding carboxylic acids is 2. The van der Waals surface area contributed by atoms with E-state index in [0.717, 1.165) is 5.56 Å². The van der Waals surface area contributed by atoms with Gasteiger partial charge in [0.15, 0.2) is 0 Å². The summed E-state index contributed by atoms with van der Waals surface area (Å²) in [5.74, 6) is -1.12. The molecular formula is C24H20Cl2FN3O3. The lowest BCUT2D eigenvalue weighted by atomic mass is 10.2. The first-order valence-corrected chi connectivity index (χ1v) is 10.7. The Morgan fingerprint density at radius 2 is 1.79 bits per heavy atom. The van der Waals surface area contributed by atoms with E-state index in [0.29, 0.717) is 21.4 Å². The Morgan fingerprint density at radius 3 is 2.58 bits per heavy atom. The van der Waals surface area contributed by atoms with Gasteiger partial charge in [-0.3, -0.25) is 9.59 Å². The van der Waals surface area contributed by atoms with Crippen molar-refractivity contribution in [2.75, 3.05) is 6.54 Å². The number of hydrogen-bond donors (Lipinski definition) is 2. The molecule has 6 nitrogen and oxygen atoms in total. The molecule has 2 amide bonds. The molecular weight excluding hydrogens is 468 g/mol. The van der Waals surface area contributed by atoms with Crippen molar-refractivity contribution >= 4 is 41.2 Å². The highest BCUT2D eigenvalue weighted by molar-refractivity contribution is 6.31. The molecule has 33 heavy (non-hydrogen) atoms. The SMILES string of the molecule is O=C(CCNC(=O)c1ccccc1F)NN=Cc1cc(Cl)ccc1OCc1cccc(Cl)c1. The van der Waals surface area contributed by atoms with Crippen molar-refractivity contribution in [2.45, 2.75) is 13.0 Å². The van der Waals surface area contributed by atoms with E-state index in [1.165, 1.54) is 24.4 Å². The largest absolute Gasteiger partial charge is 0.488 e. The topological polar surface area (TPSA) is 79.8 Å². The molecule has 0 saturated carbocycles. The van der Waals surface area contributed by atoms with E-state index in [4.69, 9.17) is 27.9 Å². The quantitative estimate of drug-likeness (QED) is 0.329. The molecule has 0 bridgehead atoms. The predicted octanol–water partition coefficient (Wildman–Crippen LogP) is 4.98. The van der Waals surface area contributed by atoms with Crippen LogP contribution in [0.25, 0.3) is 0 Å². The first kappa shape index (κ1) is 24.2. The molecule has 0 aliphatic carbocycles. The first-order valence-electron chi connectivity index (χ1n) is 9.94. The maximum Gasteiger partial charge on any atom is 0.254 e. The van der Waals surface area contributed by atoms with E-state index in [-0.39, 0.29) is 25.1 Å². The van der Waals surface area contributed by atoms with Gasteiger partial charge in [0, 0.05) is 28.6 Å². The van der Waals surface area contributed by atoms with Gasteiger partial charge in [0.2, 0.25) is 5.91 Å². The molecule has 0 aliphatic rings. The van der Waals surface area contributed by atoms with Crippen LogP contribution in [0.2, 0.25) is 10.0 Å². The molecule has 3 rings (SSSR count). The summed E-state index contributed by atoms with van der Waals surface area (Å²) >= 11 is 12.1. The summed E-state index contributed by atoms with van der Waals surface area (Å²) in [5, 5.41) is 7.51. The number of amides is 2. The third kappa shape index (κ3) is 7.59. The maximum atomic E-state index is 13.6. The number of halogens is 3. The van der Waals surface area contributed by atoms with Gasteiger partial charge in [-0.1, -0.05) is 47.5 Å². The second-order valence-electron chi connectivity index (χ2n) is 6.88. The highest BCUT2D eigenvalue weighted by Crippen LogP contribution is 2.23. The summed E-state index contributed by atoms with van der Waals surface area (Å²) in [7, 11) is 0. The van der Waals surface area contributed by atoms with E-state index in [1.54, 1.807) is 36.4 Å². The van der Waals surface area contributed by atoms with Crippen molar-refractivity contribution in [3.05, 3.63) is 99.3 Å². The molecule has 0 radical (unpaired) electrons. The molecule has 0 aliphatic heterocycles. The summed E-state index contributed by atoms with van der Waals surface area (Å²) in [6.07, 6.45) is 1.38. The average molecular weight is 488 g/mol. The number of rotatable bonds is 9. The molecule has 0 unspecified atom stereocenters. The van der Waals surface area contributed by atoms with Crippen LogP contribution in [0.3, 0.4) is 0 Å². The summed E-state index contributed by atoms with van der Waals surface area (Å²) in [6, 6.07) is 17.9. The van der Waals surface area contributed by atoms with E-state index in [2.05, 4.69) is 15.8 Å². The molecule has 0 saturated heterocycles. The van der Waals surface area contributed by atoms with E-state index in [1.807, 2.05) is 12.1 Å². The Morgan fingerprint density at radius 1 is 1.00 bits per heavy atom. The maximum absolute atomic E-state index is 13.6. The molecule has 3 aromatic carbocycles. The van der Waals surface area contributed by atoms with Crippen LogP contribution in [0.4, 0.5) is 4.39 Å². The molecule has 170 valence electrons. The van der Waals surface area contributed by atoms with Crippen LogP contribution in [0.15, 0.2) is 71.8 Å². The Balaban J connectivity index is 1.50. The molecule has 3 aromatic rings. The van der Waals surface area contributed by atoms with Crippen molar-refractivity contribution in [3.8, 4) is 5.75 Å². The molecule has 0 atom stereocenters. The zero-order valence-corrected chi connectivity index (χ0v) is 18.9. The van der Waals surface area contributed by atoms with E-state index < -0.39 is 17.6 Å². The second-order valence-corrected chi connectivity index (χ2v) is 7.75. The van der Waals surface area contributed by atoms with Crippen LogP contribution in [0.1, 0.15) is 27.9 Å². The van der Waals surface area contributed by atoms with Crippen molar-refractivity contribution in [1.82, 2.24) is 10.7 Å². The van der Waals surface area contributed by atoms with Crippen LogP contribution in [0.5, 0.6) is 5.75 Å². The summed E-state index contributed by atoms with van der Waals surface area (Å²) in [4.78, 5) is 23.9. The smallest absolute Gasteiger partial charge is 0.254 e. The normalized spacial score (nSPS) is 10.8. The number of carbonyl (C=O) groups is 2. The zero-order valence-electron chi connectivity index (χ0n) is 17.4. The van der Waals surface area contributed by atoms with Gasteiger partial charge in [0.05, 0.1) is 11.8 Å². The van der Waals surface area contributed by atoms with Crippen LogP contribution < -0.4 is 15.5 Å². The van der Waals surface area contributed by atoms with Gasteiger partial charge in [0.25, 0.3) is 5.91 Å². The fourth-order valence-electron chi connectivity index (χ4n) is 2.80. The average Bonchev–Trinajstić information content (AvgIpc) is 2.79. The van der Waals surface area contributed by atoms with Gasteiger partial charge < -0.3 is 10.1 Å². The van der Waals surface area contributed by atoms with Crippen LogP contribution in [0, 0.1) is 5.82 Å². The van der Waals surface area contributed by atoms with Gasteiger partial charge in [-0.25, -0.2) is 9.82 Å². The number of hydrazone groups is 1. The lowest BCUT2D eigenvalue weighted by molar-refractivity contribution is -0.120. The van der Waals surface area contributed by atoms with Crippen molar-refractivity contribution in [2.24, 2.45) is 5.10 Å². The highest BCUT2D eigenvalue weighted by Gasteiger charge is 2.11. The monoisotopic (exact) mass is 487 g/mol. The minimum atomic E-state index is -0.626. The zero-order chi connectivity index (χ0) is 23.6. The molecule has 0 aromatic heterocycles. The van der Waals surface area contributed by atoms with Gasteiger partial charge >= 0.3 is 0 Å². The molecule has 0 heterocycles. The summed E-state index contributed by atoms with van der Waals surface area (Å²) in [6.45, 7) is 0.316. The van der Waals surface area contributed by atoms with Gasteiger partial charge in [-0.2, -0.15) is 5.10 Å². The Kier molecular flexibility index (Phi) is 8.80. The number of nitrogens with one attached hydrogen (secondary N) is 2. The lowest BCUT2D eigenvalue weighted by Crippen LogP contribution is -2.29. The van der Waals surface area contributed by atoms with Gasteiger partial charge in [-0.15, -0.1) is 0 Å². The minimum absolute atomic E-state index is 0.0275. The van der Waals surface area contributed by atoms with Crippen molar-refractivity contribution in [1.29, 1.82) is 0 Å². The lowest BCUT2D eigenvalue weighted by Gasteiger charge is -2.10. The van der Waals surface area contributed by atoms with Gasteiger partial charge in [0.1, 0.15) is 18.2 Å². The predicted molar refractivity (Wildman–Crippen MR) is 126 cm³/mol. The molecule has 0 fully saturated rings. The van der Waals surface area contributed by atoms with Crippen LogP contribution in [-0.2, 0) is 11.4 Å². The number of benzene rings is 3. The third-order valence-corrected chi connectivity index (χ3v) is 4.87. The Bertz CT molecular complexity index is 1170. The van der Waals surface area contributed by atoms with Crippen LogP contribution in [-0.4, -0.2) is 24.6 Å². The standard InChI is InChI=1S/C24H20Cl2FN3O3/c25-18-5-3-4-16(12-18)15-33-22-9-8-19(26)13-17(22)14-29-30-23(31)10-11-28-24(32)20-6-1-2-7-21(20)27/h1-9,12-14H,10-11,15H2,(H,28,32)(H,30,31). The summed E-state index contributed by atoms with van der Waals surface area (Å²) < 4.78 is 19.4. The first-order chi connectivity index (χ1) is 15.9. The summed E-state index contributed by atoms with van der Waals surface area (Å²) in [5.41, 5.74) is 3.75. The van der Waals surface area contributed by atoms with Crippen molar-refractivity contribution < 1.29 is 18.7 Å². The van der Waals surface area contributed by atoms with Gasteiger partial charge in [-0.05, 0) is 48.0 Å². The van der Waals surface area contributed by atoms with E-state index in [9.17, 15) is 14.0 Å². The highest BCUT2D eigenvalue weighted by atomic mass is 35.5. The minimum Gasteiger partial charge on any atom is -0.488 e.